The molecule has 92 valence electrons. The van der Waals surface area contributed by atoms with Gasteiger partial charge in [-0.2, -0.15) is 0 Å². The van der Waals surface area contributed by atoms with Crippen molar-refractivity contribution >= 4 is 20.7 Å². The molecular formula is C12H15NO3S. The van der Waals surface area contributed by atoms with Crippen LogP contribution in [-0.2, 0) is 9.84 Å². The minimum atomic E-state index is -3.34. The Morgan fingerprint density at radius 3 is 2.76 bits per heavy atom. The number of rotatable bonds is 5. The highest BCUT2D eigenvalue weighted by atomic mass is 32.2. The summed E-state index contributed by atoms with van der Waals surface area (Å²) in [6, 6.07) is 7.05. The molecule has 0 saturated carbocycles. The molecule has 0 fully saturated rings. The third kappa shape index (κ3) is 2.49. The normalized spacial score (nSPS) is 12.1. The van der Waals surface area contributed by atoms with Gasteiger partial charge in [0.2, 0.25) is 9.84 Å². The lowest BCUT2D eigenvalue weighted by Gasteiger charge is -1.99. The number of nitrogens with zero attached hydrogens (tertiary/aromatic N) is 1. The van der Waals surface area contributed by atoms with Crippen molar-refractivity contribution in [3.63, 3.8) is 0 Å². The lowest BCUT2D eigenvalue weighted by Crippen LogP contribution is -2.06. The first-order chi connectivity index (χ1) is 8.15. The van der Waals surface area contributed by atoms with Gasteiger partial charge in [-0.1, -0.05) is 37.1 Å². The Kier molecular flexibility index (Phi) is 3.47. The van der Waals surface area contributed by atoms with Gasteiger partial charge in [-0.25, -0.2) is 8.42 Å². The summed E-state index contributed by atoms with van der Waals surface area (Å²) < 4.78 is 29.1. The van der Waals surface area contributed by atoms with Gasteiger partial charge >= 0.3 is 0 Å². The molecule has 0 radical (unpaired) electrons. The number of benzene rings is 1. The summed E-state index contributed by atoms with van der Waals surface area (Å²) in [6.45, 7) is 2.04. The minimum absolute atomic E-state index is 0.00389. The molecule has 0 bridgehead atoms. The van der Waals surface area contributed by atoms with E-state index in [0.29, 0.717) is 17.3 Å². The number of hydrogen-bond acceptors (Lipinski definition) is 4. The van der Waals surface area contributed by atoms with Crippen molar-refractivity contribution in [1.82, 2.24) is 5.16 Å². The predicted octanol–water partition coefficient (Wildman–Crippen LogP) is 2.79. The van der Waals surface area contributed by atoms with E-state index in [1.54, 1.807) is 24.3 Å². The smallest absolute Gasteiger partial charge is 0.258 e. The Bertz CT molecular complexity index is 601. The standard InChI is InChI=1S/C12H15NO3S/c1-2-3-6-9-17(14,15)12-10-7-4-5-8-11(10)13-16-12/h4-5,7-8H,2-3,6,9H2,1H3. The van der Waals surface area contributed by atoms with Gasteiger partial charge in [-0.3, -0.25) is 0 Å². The van der Waals surface area contributed by atoms with E-state index in [0.717, 1.165) is 12.8 Å². The third-order valence-electron chi connectivity index (χ3n) is 2.65. The maximum atomic E-state index is 12.0. The summed E-state index contributed by atoms with van der Waals surface area (Å²) in [6.07, 6.45) is 2.56. The van der Waals surface area contributed by atoms with Gasteiger partial charge in [-0.05, 0) is 18.6 Å². The Hall–Kier alpha value is -1.36. The Morgan fingerprint density at radius 1 is 1.24 bits per heavy atom. The van der Waals surface area contributed by atoms with E-state index in [1.165, 1.54) is 0 Å². The molecule has 0 aliphatic rings. The van der Waals surface area contributed by atoms with Crippen LogP contribution < -0.4 is 0 Å². The fourth-order valence-corrected chi connectivity index (χ4v) is 3.15. The molecule has 0 N–H and O–H groups in total. The molecule has 0 saturated heterocycles. The quantitative estimate of drug-likeness (QED) is 0.769. The van der Waals surface area contributed by atoms with Crippen molar-refractivity contribution in [3.8, 4) is 0 Å². The van der Waals surface area contributed by atoms with E-state index in [-0.39, 0.29) is 10.8 Å². The Morgan fingerprint density at radius 2 is 2.00 bits per heavy atom. The fraction of sp³-hybridized carbons (Fsp3) is 0.417. The van der Waals surface area contributed by atoms with Crippen molar-refractivity contribution < 1.29 is 12.9 Å². The highest BCUT2D eigenvalue weighted by Crippen LogP contribution is 2.23. The lowest BCUT2D eigenvalue weighted by atomic mass is 10.3. The molecule has 0 atom stereocenters. The van der Waals surface area contributed by atoms with Crippen LogP contribution in [0.1, 0.15) is 26.2 Å². The average molecular weight is 253 g/mol. The molecule has 5 heteroatoms. The van der Waals surface area contributed by atoms with Crippen LogP contribution in [0.25, 0.3) is 10.9 Å². The monoisotopic (exact) mass is 253 g/mol. The Labute approximate surface area is 101 Å². The molecule has 1 heterocycles. The average Bonchev–Trinajstić information content (AvgIpc) is 2.73. The molecular weight excluding hydrogens is 238 g/mol. The molecule has 0 aliphatic heterocycles. The molecule has 1 aromatic heterocycles. The maximum absolute atomic E-state index is 12.0. The molecule has 4 nitrogen and oxygen atoms in total. The summed E-state index contributed by atoms with van der Waals surface area (Å²) in [7, 11) is -3.34. The molecule has 17 heavy (non-hydrogen) atoms. The zero-order valence-corrected chi connectivity index (χ0v) is 10.5. The van der Waals surface area contributed by atoms with Gasteiger partial charge in [0.15, 0.2) is 0 Å². The second-order valence-corrected chi connectivity index (χ2v) is 6.02. The van der Waals surface area contributed by atoms with Crippen molar-refractivity contribution in [3.05, 3.63) is 24.3 Å². The SMILES string of the molecule is CCCCCS(=O)(=O)c1onc2ccccc12. The number of fused-ring (bicyclic) bond motifs is 1. The van der Waals surface area contributed by atoms with Crippen molar-refractivity contribution in [2.45, 2.75) is 31.3 Å². The molecule has 0 amide bonds. The fourth-order valence-electron chi connectivity index (χ4n) is 1.72. The minimum Gasteiger partial charge on any atom is -0.343 e. The zero-order valence-electron chi connectivity index (χ0n) is 9.72. The number of unbranched alkanes of at least 4 members (excludes halogenated alkanes) is 2. The topological polar surface area (TPSA) is 60.2 Å². The van der Waals surface area contributed by atoms with Crippen molar-refractivity contribution in [2.24, 2.45) is 0 Å². The lowest BCUT2D eigenvalue weighted by molar-refractivity contribution is 0.347. The second kappa shape index (κ2) is 4.87. The molecule has 2 aromatic rings. The van der Waals surface area contributed by atoms with Crippen LogP contribution in [0, 0.1) is 0 Å². The summed E-state index contributed by atoms with van der Waals surface area (Å²) >= 11 is 0. The molecule has 0 unspecified atom stereocenters. The zero-order chi connectivity index (χ0) is 12.3. The van der Waals surface area contributed by atoms with Crippen LogP contribution in [0.5, 0.6) is 0 Å². The van der Waals surface area contributed by atoms with Crippen LogP contribution in [0.2, 0.25) is 0 Å². The maximum Gasteiger partial charge on any atom is 0.258 e. The first-order valence-corrected chi connectivity index (χ1v) is 7.37. The van der Waals surface area contributed by atoms with Gasteiger partial charge < -0.3 is 4.52 Å². The van der Waals surface area contributed by atoms with Gasteiger partial charge in [0.25, 0.3) is 5.09 Å². The Balaban J connectivity index is 2.33. The number of aromatic nitrogens is 1. The van der Waals surface area contributed by atoms with Crippen LogP contribution in [0.15, 0.2) is 33.9 Å². The van der Waals surface area contributed by atoms with E-state index in [2.05, 4.69) is 5.16 Å². The van der Waals surface area contributed by atoms with E-state index in [1.807, 2.05) is 6.92 Å². The molecule has 0 spiro atoms. The van der Waals surface area contributed by atoms with Crippen LogP contribution in [0.3, 0.4) is 0 Å². The molecule has 2 rings (SSSR count). The first kappa shape index (κ1) is 12.1. The summed E-state index contributed by atoms with van der Waals surface area (Å²) in [5.74, 6) is 0.125. The molecule has 0 aliphatic carbocycles. The highest BCUT2D eigenvalue weighted by Gasteiger charge is 2.22. The summed E-state index contributed by atoms with van der Waals surface area (Å²) in [4.78, 5) is 0. The van der Waals surface area contributed by atoms with Crippen LogP contribution >= 0.6 is 0 Å². The number of sulfone groups is 1. The second-order valence-electron chi connectivity index (χ2n) is 4.01. The largest absolute Gasteiger partial charge is 0.343 e. The van der Waals surface area contributed by atoms with Crippen LogP contribution in [-0.4, -0.2) is 19.3 Å². The third-order valence-corrected chi connectivity index (χ3v) is 4.34. The van der Waals surface area contributed by atoms with Gasteiger partial charge in [0, 0.05) is 0 Å². The van der Waals surface area contributed by atoms with E-state index >= 15 is 0 Å². The van der Waals surface area contributed by atoms with Crippen molar-refractivity contribution in [1.29, 1.82) is 0 Å². The first-order valence-electron chi connectivity index (χ1n) is 5.72. The van der Waals surface area contributed by atoms with Crippen molar-refractivity contribution in [2.75, 3.05) is 5.75 Å². The van der Waals surface area contributed by atoms with Crippen LogP contribution in [0.4, 0.5) is 0 Å². The summed E-state index contributed by atoms with van der Waals surface area (Å²) in [5.41, 5.74) is 0.585. The van der Waals surface area contributed by atoms with Gasteiger partial charge in [0.05, 0.1) is 11.1 Å². The molecule has 1 aromatic carbocycles. The van der Waals surface area contributed by atoms with Gasteiger partial charge in [-0.15, -0.1) is 0 Å². The summed E-state index contributed by atoms with van der Waals surface area (Å²) in [5, 5.41) is 4.34. The van der Waals surface area contributed by atoms with E-state index < -0.39 is 9.84 Å². The predicted molar refractivity (Wildman–Crippen MR) is 65.6 cm³/mol. The van der Waals surface area contributed by atoms with E-state index in [4.69, 9.17) is 4.52 Å². The number of hydrogen-bond donors (Lipinski definition) is 0. The van der Waals surface area contributed by atoms with E-state index in [9.17, 15) is 8.42 Å². The highest BCUT2D eigenvalue weighted by molar-refractivity contribution is 7.91. The van der Waals surface area contributed by atoms with Gasteiger partial charge in [0.1, 0.15) is 5.52 Å².